The lowest BCUT2D eigenvalue weighted by Crippen LogP contribution is -2.22. The number of nitrogens with zero attached hydrogens (tertiary/aromatic N) is 4. The largest absolute Gasteiger partial charge is 0.310 e. The van der Waals surface area contributed by atoms with Crippen molar-refractivity contribution in [1.29, 1.82) is 0 Å². The average Bonchev–Trinajstić information content (AvgIpc) is 3.35. The maximum atomic E-state index is 5.15. The van der Waals surface area contributed by atoms with Gasteiger partial charge in [0.25, 0.3) is 0 Å². The molecule has 4 heteroatoms. The lowest BCUT2D eigenvalue weighted by atomic mass is 9.94. The summed E-state index contributed by atoms with van der Waals surface area (Å²) in [5, 5.41) is 1.12. The van der Waals surface area contributed by atoms with E-state index >= 15 is 0 Å². The maximum absolute atomic E-state index is 5.15. The van der Waals surface area contributed by atoms with Crippen molar-refractivity contribution in [3.05, 3.63) is 212 Å². The van der Waals surface area contributed by atoms with Gasteiger partial charge in [0.2, 0.25) is 0 Å². The van der Waals surface area contributed by atoms with Crippen LogP contribution >= 0.6 is 0 Å². The van der Waals surface area contributed by atoms with Gasteiger partial charge >= 0.3 is 0 Å². The van der Waals surface area contributed by atoms with E-state index in [1.165, 1.54) is 11.1 Å². The fourth-order valence-corrected chi connectivity index (χ4v) is 8.31. The van der Waals surface area contributed by atoms with Crippen LogP contribution in [0.25, 0.3) is 66.8 Å². The third kappa shape index (κ3) is 6.31. The first-order valence-electron chi connectivity index (χ1n) is 19.6. The molecule has 0 radical (unpaired) electrons. The number of hydrogen-bond acceptors (Lipinski definition) is 3. The quantitative estimate of drug-likeness (QED) is 0.171. The molecule has 0 unspecified atom stereocenters. The van der Waals surface area contributed by atoms with Gasteiger partial charge in [-0.25, -0.2) is 9.97 Å². The van der Waals surface area contributed by atoms with E-state index in [1.807, 2.05) is 0 Å². The van der Waals surface area contributed by atoms with Gasteiger partial charge in [-0.3, -0.25) is 0 Å². The number of rotatable bonds is 6. The Labute approximate surface area is 333 Å². The molecule has 8 aromatic rings. The van der Waals surface area contributed by atoms with Gasteiger partial charge in [0.15, 0.2) is 0 Å². The molecule has 0 saturated carbocycles. The highest BCUT2D eigenvalue weighted by molar-refractivity contribution is 6.07. The number of benzene rings is 6. The lowest BCUT2D eigenvalue weighted by Gasteiger charge is -2.37. The molecule has 2 aromatic heterocycles. The van der Waals surface area contributed by atoms with Crippen molar-refractivity contribution in [2.45, 2.75) is 19.8 Å². The van der Waals surface area contributed by atoms with Crippen molar-refractivity contribution in [3.8, 4) is 50.3 Å². The first-order valence-corrected chi connectivity index (χ1v) is 19.6. The molecule has 0 saturated heterocycles. The highest BCUT2D eigenvalue weighted by Gasteiger charge is 2.32. The molecule has 0 N–H and O–H groups in total. The third-order valence-corrected chi connectivity index (χ3v) is 11.1. The van der Waals surface area contributed by atoms with Crippen LogP contribution in [0.2, 0.25) is 0 Å². The van der Waals surface area contributed by atoms with Gasteiger partial charge in [0.1, 0.15) is 6.33 Å². The van der Waals surface area contributed by atoms with Gasteiger partial charge in [0, 0.05) is 16.6 Å². The Morgan fingerprint density at radius 1 is 0.474 bits per heavy atom. The molecule has 2 aliphatic rings. The number of aryl methyl sites for hydroxylation is 1. The van der Waals surface area contributed by atoms with Crippen molar-refractivity contribution in [3.63, 3.8) is 0 Å². The van der Waals surface area contributed by atoms with Gasteiger partial charge < -0.3 is 9.47 Å². The van der Waals surface area contributed by atoms with E-state index in [9.17, 15) is 0 Å². The second-order valence-corrected chi connectivity index (χ2v) is 14.6. The van der Waals surface area contributed by atoms with E-state index in [4.69, 9.17) is 9.97 Å². The van der Waals surface area contributed by atoms with Crippen molar-refractivity contribution in [1.82, 2.24) is 14.5 Å². The van der Waals surface area contributed by atoms with E-state index in [0.29, 0.717) is 0 Å². The van der Waals surface area contributed by atoms with Crippen LogP contribution < -0.4 is 4.90 Å². The minimum atomic E-state index is 0.887. The molecule has 272 valence electrons. The zero-order valence-corrected chi connectivity index (χ0v) is 31.8. The van der Waals surface area contributed by atoms with Crippen LogP contribution in [0.4, 0.5) is 17.1 Å². The fraction of sp³-hybridized carbons (Fsp3) is 0.0566. The van der Waals surface area contributed by atoms with Crippen LogP contribution in [-0.4, -0.2) is 14.5 Å². The Hall–Kier alpha value is -7.30. The summed E-state index contributed by atoms with van der Waals surface area (Å²) < 4.78 is 2.45. The first-order chi connectivity index (χ1) is 28.2. The maximum Gasteiger partial charge on any atom is 0.116 e. The zero-order chi connectivity index (χ0) is 38.1. The number of anilines is 3. The van der Waals surface area contributed by atoms with Crippen molar-refractivity contribution in [2.75, 3.05) is 4.90 Å². The summed E-state index contributed by atoms with van der Waals surface area (Å²) in [7, 11) is 0. The Morgan fingerprint density at radius 3 is 1.70 bits per heavy atom. The van der Waals surface area contributed by atoms with Crippen LogP contribution in [0.3, 0.4) is 0 Å². The normalized spacial score (nSPS) is 12.9. The summed E-state index contributed by atoms with van der Waals surface area (Å²) in [6.45, 7) is 2.22. The highest BCUT2D eigenvalue weighted by atomic mass is 15.2. The Kier molecular flexibility index (Phi) is 8.85. The van der Waals surface area contributed by atoms with E-state index < -0.39 is 0 Å². The molecule has 1 aliphatic carbocycles. The van der Waals surface area contributed by atoms with E-state index in [-0.39, 0.29) is 0 Å². The molecular weight excluding hydrogens is 693 g/mol. The summed E-state index contributed by atoms with van der Waals surface area (Å²) in [6, 6.07) is 63.2. The Morgan fingerprint density at radius 2 is 1.04 bits per heavy atom. The number of allylic oxidation sites excluding steroid dienone is 4. The van der Waals surface area contributed by atoms with E-state index in [1.54, 1.807) is 6.33 Å². The molecule has 6 aromatic carbocycles. The van der Waals surface area contributed by atoms with E-state index in [2.05, 4.69) is 211 Å². The Balaban J connectivity index is 1.39. The van der Waals surface area contributed by atoms with Gasteiger partial charge in [0.05, 0.1) is 39.7 Å². The molecule has 57 heavy (non-hydrogen) atoms. The van der Waals surface area contributed by atoms with Crippen LogP contribution in [-0.2, 0) is 0 Å². The van der Waals surface area contributed by atoms with Crippen molar-refractivity contribution < 1.29 is 0 Å². The average molecular weight is 733 g/mol. The van der Waals surface area contributed by atoms with Gasteiger partial charge in [-0.2, -0.15) is 0 Å². The van der Waals surface area contributed by atoms with Crippen LogP contribution in [0, 0.1) is 6.92 Å². The second kappa shape index (κ2) is 14.7. The standard InChI is InChI=1S/C53H40N4/c1-37-27-28-41(38-17-7-2-8-18-38)29-30-45-33-46(40-21-11-4-12-22-40)35-49-52(45)56(37)47-32-31-44(39-19-9-3-10-20-39)34-48(47)57(49)53-50(42-23-13-5-14-24-42)54-36-55-51(53)43-25-15-6-16-26-43/h2-15,17-25,27-36H,16,26H2,1H3. The third-order valence-electron chi connectivity index (χ3n) is 11.1. The highest BCUT2D eigenvalue weighted by Crippen LogP contribution is 2.52. The smallest absolute Gasteiger partial charge is 0.116 e. The minimum Gasteiger partial charge on any atom is -0.310 e. The molecule has 0 bridgehead atoms. The van der Waals surface area contributed by atoms with Crippen LogP contribution in [0.1, 0.15) is 24.2 Å². The molecule has 0 amide bonds. The van der Waals surface area contributed by atoms with Gasteiger partial charge in [-0.05, 0) is 89.1 Å². The second-order valence-electron chi connectivity index (χ2n) is 14.6. The molecular formula is C53H40N4. The summed E-state index contributed by atoms with van der Waals surface area (Å²) in [5.41, 5.74) is 17.4. The summed E-state index contributed by atoms with van der Waals surface area (Å²) in [5.74, 6) is 0. The molecule has 0 atom stereocenters. The number of aromatic nitrogens is 3. The van der Waals surface area contributed by atoms with Gasteiger partial charge in [-0.1, -0.05) is 164 Å². The monoisotopic (exact) mass is 732 g/mol. The molecule has 0 fully saturated rings. The molecule has 10 rings (SSSR count). The van der Waals surface area contributed by atoms with Gasteiger partial charge in [-0.15, -0.1) is 0 Å². The summed E-state index contributed by atoms with van der Waals surface area (Å²) in [6.07, 6.45) is 10.2. The molecule has 4 nitrogen and oxygen atoms in total. The Bertz CT molecular complexity index is 2890. The first kappa shape index (κ1) is 34.2. The molecule has 1 aliphatic heterocycles. The van der Waals surface area contributed by atoms with Crippen molar-refractivity contribution >= 4 is 33.5 Å². The summed E-state index contributed by atoms with van der Waals surface area (Å²) in [4.78, 5) is 12.7. The fourth-order valence-electron chi connectivity index (χ4n) is 8.31. The topological polar surface area (TPSA) is 34.0 Å². The van der Waals surface area contributed by atoms with Crippen LogP contribution in [0.5, 0.6) is 0 Å². The zero-order valence-electron chi connectivity index (χ0n) is 31.8. The number of fused-ring (bicyclic) bond motifs is 2. The predicted molar refractivity (Wildman–Crippen MR) is 238 cm³/mol. The molecule has 0 spiro atoms. The predicted octanol–water partition coefficient (Wildman–Crippen LogP) is 14.0. The van der Waals surface area contributed by atoms with E-state index in [0.717, 1.165) is 97.0 Å². The summed E-state index contributed by atoms with van der Waals surface area (Å²) >= 11 is 0. The molecule has 3 heterocycles. The van der Waals surface area contributed by atoms with Crippen LogP contribution in [0.15, 0.2) is 200 Å². The number of hydrogen-bond donors (Lipinski definition) is 0. The minimum absolute atomic E-state index is 0.887. The lowest BCUT2D eigenvalue weighted by molar-refractivity contribution is 0.993. The van der Waals surface area contributed by atoms with Crippen molar-refractivity contribution in [2.24, 2.45) is 0 Å². The SMILES string of the molecule is Cc1ccc(-c2ccccc2)ccc2cc(-c3ccccc3)cc3c2n1-c1ccc(-c2ccccc2)cc1N3c1c(C2=CC=CCC2)ncnc1-c1ccccc1.